The van der Waals surface area contributed by atoms with Gasteiger partial charge >= 0.3 is 12.2 Å². The average molecular weight is 290 g/mol. The number of hydrogen-bond acceptors (Lipinski definition) is 3. The highest BCUT2D eigenvalue weighted by atomic mass is 16.6. The fourth-order valence-corrected chi connectivity index (χ4v) is 3.18. The van der Waals surface area contributed by atoms with Crippen LogP contribution in [0.5, 0.6) is 0 Å². The number of amides is 2. The van der Waals surface area contributed by atoms with E-state index in [4.69, 9.17) is 9.84 Å². The van der Waals surface area contributed by atoms with Crippen molar-refractivity contribution in [1.82, 2.24) is 4.90 Å². The number of anilines is 1. The van der Waals surface area contributed by atoms with Gasteiger partial charge in [-0.1, -0.05) is 25.1 Å². The molecule has 0 spiro atoms. The summed E-state index contributed by atoms with van der Waals surface area (Å²) in [5, 5.41) is 9.08. The number of fused-ring (bicyclic) bond motifs is 1. The van der Waals surface area contributed by atoms with E-state index in [1.54, 1.807) is 4.90 Å². The lowest BCUT2D eigenvalue weighted by Crippen LogP contribution is -2.54. The number of rotatable bonds is 1. The highest BCUT2D eigenvalue weighted by molar-refractivity contribution is 5.91. The molecule has 3 rings (SSSR count). The molecule has 1 aromatic rings. The van der Waals surface area contributed by atoms with Gasteiger partial charge in [-0.15, -0.1) is 0 Å². The Morgan fingerprint density at radius 1 is 1.38 bits per heavy atom. The number of likely N-dealkylation sites (tertiary alicyclic amines) is 1. The normalized spacial score (nSPS) is 25.3. The SMILES string of the molecule is C[C@@H]1CN(C(=O)O)CC[C@H]1N1C(=O)OCc2ccccc21. The summed E-state index contributed by atoms with van der Waals surface area (Å²) in [6.45, 7) is 3.15. The lowest BCUT2D eigenvalue weighted by atomic mass is 9.91. The highest BCUT2D eigenvalue weighted by Crippen LogP contribution is 2.33. The van der Waals surface area contributed by atoms with Crippen LogP contribution in [-0.2, 0) is 11.3 Å². The van der Waals surface area contributed by atoms with Gasteiger partial charge in [-0.2, -0.15) is 0 Å². The van der Waals surface area contributed by atoms with Gasteiger partial charge in [0.05, 0.1) is 5.69 Å². The van der Waals surface area contributed by atoms with Crippen LogP contribution in [0, 0.1) is 5.92 Å². The lowest BCUT2D eigenvalue weighted by Gasteiger charge is -2.43. The third kappa shape index (κ3) is 2.41. The zero-order chi connectivity index (χ0) is 15.0. The molecule has 112 valence electrons. The van der Waals surface area contributed by atoms with Crippen molar-refractivity contribution in [3.63, 3.8) is 0 Å². The molecule has 1 saturated heterocycles. The molecule has 6 nitrogen and oxygen atoms in total. The molecule has 0 bridgehead atoms. The number of nitrogens with zero attached hydrogens (tertiary/aromatic N) is 2. The second-order valence-corrected chi connectivity index (χ2v) is 5.62. The maximum absolute atomic E-state index is 12.2. The van der Waals surface area contributed by atoms with E-state index in [0.717, 1.165) is 11.3 Å². The molecule has 0 unspecified atom stereocenters. The summed E-state index contributed by atoms with van der Waals surface area (Å²) in [6.07, 6.45) is -0.618. The fourth-order valence-electron chi connectivity index (χ4n) is 3.18. The van der Waals surface area contributed by atoms with Crippen molar-refractivity contribution >= 4 is 17.9 Å². The zero-order valence-electron chi connectivity index (χ0n) is 11.9. The number of ether oxygens (including phenoxy) is 1. The van der Waals surface area contributed by atoms with E-state index < -0.39 is 6.09 Å². The van der Waals surface area contributed by atoms with Gasteiger partial charge in [-0.05, 0) is 18.4 Å². The molecular formula is C15H18N2O4. The van der Waals surface area contributed by atoms with Gasteiger partial charge in [0.25, 0.3) is 0 Å². The maximum Gasteiger partial charge on any atom is 0.414 e. The van der Waals surface area contributed by atoms with E-state index in [1.165, 1.54) is 4.90 Å². The van der Waals surface area contributed by atoms with Crippen LogP contribution in [-0.4, -0.2) is 41.3 Å². The van der Waals surface area contributed by atoms with Crippen LogP contribution in [0.15, 0.2) is 24.3 Å². The van der Waals surface area contributed by atoms with Gasteiger partial charge in [0.2, 0.25) is 0 Å². The van der Waals surface area contributed by atoms with E-state index in [9.17, 15) is 9.59 Å². The number of piperidine rings is 1. The van der Waals surface area contributed by atoms with E-state index >= 15 is 0 Å². The lowest BCUT2D eigenvalue weighted by molar-refractivity contribution is 0.106. The first-order chi connectivity index (χ1) is 10.1. The Labute approximate surface area is 122 Å². The van der Waals surface area contributed by atoms with Gasteiger partial charge < -0.3 is 14.7 Å². The molecule has 0 aromatic heterocycles. The minimum absolute atomic E-state index is 0.0328. The number of para-hydroxylation sites is 1. The molecule has 0 radical (unpaired) electrons. The monoisotopic (exact) mass is 290 g/mol. The Morgan fingerprint density at radius 2 is 2.14 bits per heavy atom. The van der Waals surface area contributed by atoms with Gasteiger partial charge in [0, 0.05) is 24.7 Å². The van der Waals surface area contributed by atoms with Crippen molar-refractivity contribution in [2.75, 3.05) is 18.0 Å². The number of carboxylic acid groups (broad SMARTS) is 1. The molecule has 0 aliphatic carbocycles. The Bertz CT molecular complexity index is 575. The smallest absolute Gasteiger partial charge is 0.414 e. The van der Waals surface area contributed by atoms with Gasteiger partial charge in [-0.25, -0.2) is 9.59 Å². The molecule has 1 N–H and O–H groups in total. The van der Waals surface area contributed by atoms with Crippen molar-refractivity contribution in [2.45, 2.75) is 26.0 Å². The summed E-state index contributed by atoms with van der Waals surface area (Å²) >= 11 is 0. The topological polar surface area (TPSA) is 70.1 Å². The Balaban J connectivity index is 1.87. The minimum atomic E-state index is -0.901. The van der Waals surface area contributed by atoms with Crippen LogP contribution in [0.3, 0.4) is 0 Å². The van der Waals surface area contributed by atoms with E-state index in [2.05, 4.69) is 0 Å². The van der Waals surface area contributed by atoms with Gasteiger partial charge in [-0.3, -0.25) is 4.90 Å². The number of carbonyl (C=O) groups excluding carboxylic acids is 1. The molecular weight excluding hydrogens is 272 g/mol. The van der Waals surface area contributed by atoms with Gasteiger partial charge in [0.15, 0.2) is 0 Å². The second kappa shape index (κ2) is 5.27. The molecule has 2 amide bonds. The summed E-state index contributed by atoms with van der Waals surface area (Å²) in [6, 6.07) is 7.67. The van der Waals surface area contributed by atoms with Crippen LogP contribution >= 0.6 is 0 Å². The van der Waals surface area contributed by atoms with Crippen molar-refractivity contribution < 1.29 is 19.4 Å². The van der Waals surface area contributed by atoms with Crippen molar-refractivity contribution in [1.29, 1.82) is 0 Å². The first kappa shape index (κ1) is 13.7. The van der Waals surface area contributed by atoms with Crippen molar-refractivity contribution in [3.8, 4) is 0 Å². The van der Waals surface area contributed by atoms with Crippen LogP contribution in [0.4, 0.5) is 15.3 Å². The van der Waals surface area contributed by atoms with Gasteiger partial charge in [0.1, 0.15) is 6.61 Å². The van der Waals surface area contributed by atoms with E-state index in [1.807, 2.05) is 31.2 Å². The Kier molecular flexibility index (Phi) is 3.45. The summed E-state index contributed by atoms with van der Waals surface area (Å²) in [4.78, 5) is 26.4. The first-order valence-electron chi connectivity index (χ1n) is 7.09. The molecule has 21 heavy (non-hydrogen) atoms. The van der Waals surface area contributed by atoms with Crippen LogP contribution < -0.4 is 4.90 Å². The summed E-state index contributed by atoms with van der Waals surface area (Å²) < 4.78 is 5.25. The Morgan fingerprint density at radius 3 is 2.86 bits per heavy atom. The van der Waals surface area contributed by atoms with E-state index in [-0.39, 0.29) is 18.1 Å². The zero-order valence-corrected chi connectivity index (χ0v) is 11.9. The molecule has 0 saturated carbocycles. The molecule has 2 aliphatic rings. The number of carbonyl (C=O) groups is 2. The number of cyclic esters (lactones) is 1. The summed E-state index contributed by atoms with van der Waals surface area (Å²) in [5.41, 5.74) is 1.87. The summed E-state index contributed by atoms with van der Waals surface area (Å²) in [7, 11) is 0. The Hall–Kier alpha value is -2.24. The minimum Gasteiger partial charge on any atom is -0.465 e. The standard InChI is InChI=1S/C15H18N2O4/c1-10-8-16(14(18)19)7-6-12(10)17-13-5-3-2-4-11(13)9-21-15(17)20/h2-5,10,12H,6-9H2,1H3,(H,18,19)/t10-,12-/m1/s1. The van der Waals surface area contributed by atoms with Crippen molar-refractivity contribution in [2.24, 2.45) is 5.92 Å². The third-order valence-electron chi connectivity index (χ3n) is 4.26. The molecule has 2 atom stereocenters. The number of benzene rings is 1. The van der Waals surface area contributed by atoms with Crippen LogP contribution in [0.2, 0.25) is 0 Å². The maximum atomic E-state index is 12.2. The average Bonchev–Trinajstić information content (AvgIpc) is 2.48. The van der Waals surface area contributed by atoms with E-state index in [0.29, 0.717) is 26.1 Å². The number of hydrogen-bond donors (Lipinski definition) is 1. The third-order valence-corrected chi connectivity index (χ3v) is 4.26. The summed E-state index contributed by atoms with van der Waals surface area (Å²) in [5.74, 6) is 0.0635. The molecule has 2 aliphatic heterocycles. The second-order valence-electron chi connectivity index (χ2n) is 5.62. The first-order valence-corrected chi connectivity index (χ1v) is 7.09. The van der Waals surface area contributed by atoms with Crippen LogP contribution in [0.25, 0.3) is 0 Å². The van der Waals surface area contributed by atoms with Crippen molar-refractivity contribution in [3.05, 3.63) is 29.8 Å². The quantitative estimate of drug-likeness (QED) is 0.863. The predicted octanol–water partition coefficient (Wildman–Crippen LogP) is 2.53. The highest BCUT2D eigenvalue weighted by Gasteiger charge is 2.38. The molecule has 1 fully saturated rings. The molecule has 2 heterocycles. The largest absolute Gasteiger partial charge is 0.465 e. The molecule has 6 heteroatoms. The molecule has 1 aromatic carbocycles. The fraction of sp³-hybridized carbons (Fsp3) is 0.467. The predicted molar refractivity (Wildman–Crippen MR) is 76.3 cm³/mol. The van der Waals surface area contributed by atoms with Crippen LogP contribution in [0.1, 0.15) is 18.9 Å².